The number of benzene rings is 2. The molecule has 3 rings (SSSR count). The predicted molar refractivity (Wildman–Crippen MR) is 102 cm³/mol. The predicted octanol–water partition coefficient (Wildman–Crippen LogP) is 2.66. The number of amides is 3. The number of hydrogen-bond acceptors (Lipinski definition) is 4. The first kappa shape index (κ1) is 18.5. The van der Waals surface area contributed by atoms with Crippen LogP contribution in [0.1, 0.15) is 11.1 Å². The molecule has 27 heavy (non-hydrogen) atoms. The van der Waals surface area contributed by atoms with Gasteiger partial charge in [-0.3, -0.25) is 14.9 Å². The van der Waals surface area contributed by atoms with Crippen molar-refractivity contribution < 1.29 is 19.5 Å². The summed E-state index contributed by atoms with van der Waals surface area (Å²) in [5, 5.41) is 8.61. The van der Waals surface area contributed by atoms with Crippen molar-refractivity contribution in [1.29, 1.82) is 0 Å². The molecule has 2 N–H and O–H groups in total. The maximum absolute atomic E-state index is 12.9. The summed E-state index contributed by atoms with van der Waals surface area (Å²) < 4.78 is 5.16. The summed E-state index contributed by atoms with van der Waals surface area (Å²) in [6.45, 7) is 1.69. The molecule has 0 bridgehead atoms. The van der Waals surface area contributed by atoms with Gasteiger partial charge in [0.1, 0.15) is 5.75 Å². The summed E-state index contributed by atoms with van der Waals surface area (Å²) in [4.78, 5) is 27.6. The fourth-order valence-corrected chi connectivity index (χ4v) is 2.98. The van der Waals surface area contributed by atoms with Crippen LogP contribution in [0.4, 0.5) is 10.5 Å². The van der Waals surface area contributed by atoms with E-state index in [1.807, 2.05) is 48.5 Å². The second-order valence-electron chi connectivity index (χ2n) is 6.07. The Labute approximate surface area is 157 Å². The molecule has 0 atom stereocenters. The van der Waals surface area contributed by atoms with Gasteiger partial charge in [0, 0.05) is 25.7 Å². The molecule has 0 aromatic heterocycles. The van der Waals surface area contributed by atoms with Crippen LogP contribution in [-0.4, -0.2) is 42.2 Å². The van der Waals surface area contributed by atoms with E-state index in [0.717, 1.165) is 22.6 Å². The van der Waals surface area contributed by atoms with Gasteiger partial charge in [0.2, 0.25) is 0 Å². The Morgan fingerprint density at radius 1 is 1.19 bits per heavy atom. The number of methoxy groups -OCH3 is 1. The van der Waals surface area contributed by atoms with Crippen molar-refractivity contribution in [3.8, 4) is 5.75 Å². The molecule has 0 spiro atoms. The maximum Gasteiger partial charge on any atom is 0.324 e. The Balaban J connectivity index is 1.75. The highest BCUT2D eigenvalue weighted by atomic mass is 16.5. The number of carbonyl (C=O) groups excluding carboxylic acids is 2. The molecule has 1 heterocycles. The summed E-state index contributed by atoms with van der Waals surface area (Å²) in [5.74, 6) is 0.152. The van der Waals surface area contributed by atoms with Gasteiger partial charge in [-0.05, 0) is 35.4 Å². The van der Waals surface area contributed by atoms with Crippen LogP contribution in [0.5, 0.6) is 5.75 Å². The molecule has 1 fully saturated rings. The normalized spacial score (nSPS) is 14.1. The van der Waals surface area contributed by atoms with Crippen molar-refractivity contribution in [3.63, 3.8) is 0 Å². The van der Waals surface area contributed by atoms with Gasteiger partial charge in [-0.1, -0.05) is 30.3 Å². The number of nitrogens with zero attached hydrogens (tertiary/aromatic N) is 2. The average Bonchev–Trinajstić information content (AvgIpc) is 3.07. The third-order valence-electron chi connectivity index (χ3n) is 4.38. The summed E-state index contributed by atoms with van der Waals surface area (Å²) >= 11 is 0. The first-order chi connectivity index (χ1) is 13.1. The molecule has 7 heteroatoms. The molecule has 2 aromatic carbocycles. The molecule has 0 aliphatic carbocycles. The highest BCUT2D eigenvalue weighted by molar-refractivity contribution is 5.98. The molecule has 1 aliphatic heterocycles. The lowest BCUT2D eigenvalue weighted by molar-refractivity contribution is -0.124. The number of hydroxylamine groups is 1. The van der Waals surface area contributed by atoms with Gasteiger partial charge < -0.3 is 9.64 Å². The number of carbonyl (C=O) groups is 2. The minimum atomic E-state index is -0.626. The lowest BCUT2D eigenvalue weighted by Crippen LogP contribution is -2.31. The number of para-hydroxylation sites is 1. The maximum atomic E-state index is 12.9. The molecule has 0 saturated carbocycles. The van der Waals surface area contributed by atoms with Crippen LogP contribution in [0.3, 0.4) is 0 Å². The third kappa shape index (κ3) is 4.27. The Morgan fingerprint density at radius 3 is 2.63 bits per heavy atom. The Bertz CT molecular complexity index is 849. The average molecular weight is 367 g/mol. The minimum absolute atomic E-state index is 0.0849. The smallest absolute Gasteiger partial charge is 0.324 e. The van der Waals surface area contributed by atoms with E-state index in [9.17, 15) is 9.59 Å². The first-order valence-corrected chi connectivity index (χ1v) is 8.53. The number of hydrogen-bond donors (Lipinski definition) is 2. The number of rotatable bonds is 6. The van der Waals surface area contributed by atoms with E-state index in [2.05, 4.69) is 0 Å². The van der Waals surface area contributed by atoms with Crippen LogP contribution in [0.2, 0.25) is 0 Å². The van der Waals surface area contributed by atoms with Gasteiger partial charge in [0.05, 0.1) is 12.8 Å². The van der Waals surface area contributed by atoms with Gasteiger partial charge in [0.25, 0.3) is 5.91 Å². The molecule has 7 nitrogen and oxygen atoms in total. The highest BCUT2D eigenvalue weighted by Crippen LogP contribution is 2.26. The van der Waals surface area contributed by atoms with Gasteiger partial charge in [-0.25, -0.2) is 10.3 Å². The Morgan fingerprint density at radius 2 is 1.93 bits per heavy atom. The van der Waals surface area contributed by atoms with Crippen LogP contribution < -0.4 is 15.1 Å². The van der Waals surface area contributed by atoms with Gasteiger partial charge in [-0.15, -0.1) is 0 Å². The van der Waals surface area contributed by atoms with Gasteiger partial charge >= 0.3 is 6.03 Å². The van der Waals surface area contributed by atoms with Crippen LogP contribution in [-0.2, 0) is 11.3 Å². The lowest BCUT2D eigenvalue weighted by atomic mass is 10.1. The van der Waals surface area contributed by atoms with E-state index in [1.54, 1.807) is 28.5 Å². The first-order valence-electron chi connectivity index (χ1n) is 8.53. The number of anilines is 1. The van der Waals surface area contributed by atoms with Crippen LogP contribution >= 0.6 is 0 Å². The van der Waals surface area contributed by atoms with E-state index in [4.69, 9.17) is 9.94 Å². The van der Waals surface area contributed by atoms with Gasteiger partial charge in [-0.2, -0.15) is 0 Å². The fourth-order valence-electron chi connectivity index (χ4n) is 2.98. The monoisotopic (exact) mass is 367 g/mol. The zero-order chi connectivity index (χ0) is 19.2. The standard InChI is InChI=1S/C20H21N3O4/c1-27-17-9-6-15(7-10-17)14-22-12-13-23(20(22)25)18-5-3-2-4-16(18)8-11-19(24)21-26/h2-11,26H,12-14H2,1H3,(H,21,24)/b11-8+. The highest BCUT2D eigenvalue weighted by Gasteiger charge is 2.30. The molecule has 0 radical (unpaired) electrons. The molecule has 140 valence electrons. The van der Waals surface area contributed by atoms with Crippen molar-refractivity contribution in [2.75, 3.05) is 25.1 Å². The second-order valence-corrected chi connectivity index (χ2v) is 6.07. The zero-order valence-corrected chi connectivity index (χ0v) is 15.0. The van der Waals surface area contributed by atoms with Crippen molar-refractivity contribution in [3.05, 3.63) is 65.7 Å². The van der Waals surface area contributed by atoms with E-state index >= 15 is 0 Å². The topological polar surface area (TPSA) is 82.1 Å². The molecule has 2 aromatic rings. The minimum Gasteiger partial charge on any atom is -0.497 e. The summed E-state index contributed by atoms with van der Waals surface area (Å²) in [5.41, 5.74) is 4.03. The Kier molecular flexibility index (Phi) is 5.73. The van der Waals surface area contributed by atoms with E-state index in [1.165, 1.54) is 6.08 Å². The quantitative estimate of drug-likeness (QED) is 0.467. The largest absolute Gasteiger partial charge is 0.497 e. The molecule has 1 aliphatic rings. The summed E-state index contributed by atoms with van der Waals surface area (Å²) in [7, 11) is 1.62. The van der Waals surface area contributed by atoms with E-state index in [-0.39, 0.29) is 6.03 Å². The second kappa shape index (κ2) is 8.37. The summed E-state index contributed by atoms with van der Waals surface area (Å²) in [6, 6.07) is 14.9. The van der Waals surface area contributed by atoms with Crippen molar-refractivity contribution in [2.24, 2.45) is 0 Å². The molecule has 0 unspecified atom stereocenters. The molecular formula is C20H21N3O4. The molecular weight excluding hydrogens is 346 g/mol. The van der Waals surface area contributed by atoms with E-state index < -0.39 is 5.91 Å². The summed E-state index contributed by atoms with van der Waals surface area (Å²) in [6.07, 6.45) is 2.79. The van der Waals surface area contributed by atoms with Crippen LogP contribution in [0.25, 0.3) is 6.08 Å². The number of urea groups is 1. The van der Waals surface area contributed by atoms with Crippen molar-refractivity contribution in [2.45, 2.75) is 6.54 Å². The van der Waals surface area contributed by atoms with Crippen LogP contribution in [0, 0.1) is 0 Å². The fraction of sp³-hybridized carbons (Fsp3) is 0.200. The van der Waals surface area contributed by atoms with Crippen LogP contribution in [0.15, 0.2) is 54.6 Å². The van der Waals surface area contributed by atoms with Gasteiger partial charge in [0.15, 0.2) is 0 Å². The SMILES string of the molecule is COc1ccc(CN2CCN(c3ccccc3/C=C/C(=O)NO)C2=O)cc1. The zero-order valence-electron chi connectivity index (χ0n) is 15.0. The lowest BCUT2D eigenvalue weighted by Gasteiger charge is -2.20. The Hall–Kier alpha value is -3.32. The molecule has 3 amide bonds. The number of nitrogens with one attached hydrogen (secondary N) is 1. The van der Waals surface area contributed by atoms with Crippen molar-refractivity contribution >= 4 is 23.7 Å². The van der Waals surface area contributed by atoms with E-state index in [0.29, 0.717) is 19.6 Å². The number of ether oxygens (including phenoxy) is 1. The van der Waals surface area contributed by atoms with Crippen molar-refractivity contribution in [1.82, 2.24) is 10.4 Å². The third-order valence-corrected chi connectivity index (χ3v) is 4.38. The molecule has 1 saturated heterocycles.